The van der Waals surface area contributed by atoms with Crippen molar-refractivity contribution in [3.05, 3.63) is 90.8 Å². The summed E-state index contributed by atoms with van der Waals surface area (Å²) in [7, 11) is 0. The molecule has 3 rings (SSSR count). The van der Waals surface area contributed by atoms with E-state index in [1.165, 1.54) is 6.21 Å². The van der Waals surface area contributed by atoms with Crippen LogP contribution in [0.25, 0.3) is 0 Å². The van der Waals surface area contributed by atoms with Gasteiger partial charge in [0.15, 0.2) is 12.4 Å². The number of ether oxygens (including phenoxy) is 2. The molecule has 1 amide bonds. The van der Waals surface area contributed by atoms with E-state index in [2.05, 4.69) is 58.3 Å². The summed E-state index contributed by atoms with van der Waals surface area (Å²) in [5.74, 6) is -0.0532. The molecule has 0 unspecified atom stereocenters. The fourth-order valence-corrected chi connectivity index (χ4v) is 4.36. The van der Waals surface area contributed by atoms with Gasteiger partial charge in [0.05, 0.1) is 16.3 Å². The summed E-state index contributed by atoms with van der Waals surface area (Å²) in [4.78, 5) is 24.7. The van der Waals surface area contributed by atoms with Gasteiger partial charge < -0.3 is 9.47 Å². The zero-order chi connectivity index (χ0) is 23.1. The van der Waals surface area contributed by atoms with Crippen molar-refractivity contribution in [3.8, 4) is 11.5 Å². The molecule has 32 heavy (non-hydrogen) atoms. The molecule has 0 radical (unpaired) electrons. The molecule has 0 bridgehead atoms. The highest BCUT2D eigenvalue weighted by Gasteiger charge is 2.15. The lowest BCUT2D eigenvalue weighted by Gasteiger charge is -2.11. The highest BCUT2D eigenvalue weighted by molar-refractivity contribution is 9.11. The van der Waals surface area contributed by atoms with E-state index in [1.807, 2.05) is 31.2 Å². The van der Waals surface area contributed by atoms with Crippen molar-refractivity contribution in [2.24, 2.45) is 5.10 Å². The maximum atomic E-state index is 12.6. The molecule has 0 aliphatic carbocycles. The summed E-state index contributed by atoms with van der Waals surface area (Å²) >= 11 is 10.1. The molecule has 0 atom stereocenters. The smallest absolute Gasteiger partial charge is 0.343 e. The fourth-order valence-electron chi connectivity index (χ4n) is 2.62. The number of nitrogens with zero attached hydrogens (tertiary/aromatic N) is 1. The van der Waals surface area contributed by atoms with E-state index in [1.54, 1.807) is 36.4 Å². The molecular formula is C23H17Br3N2O4. The Morgan fingerprint density at radius 1 is 1.00 bits per heavy atom. The SMILES string of the molecule is Cc1ccccc1OCC(=O)N/N=C\c1cc(Br)cc(Br)c1OC(=O)c1cccc(Br)c1. The number of amides is 1. The zero-order valence-corrected chi connectivity index (χ0v) is 21.5. The number of hydrazone groups is 1. The maximum Gasteiger partial charge on any atom is 0.343 e. The zero-order valence-electron chi connectivity index (χ0n) is 16.8. The third kappa shape index (κ3) is 6.75. The Bertz CT molecular complexity index is 1180. The third-order valence-corrected chi connectivity index (χ3v) is 5.68. The molecule has 0 heterocycles. The molecule has 0 spiro atoms. The Balaban J connectivity index is 1.69. The molecular weight excluding hydrogens is 608 g/mol. The van der Waals surface area contributed by atoms with Gasteiger partial charge in [0.2, 0.25) is 0 Å². The second-order valence-electron chi connectivity index (χ2n) is 6.55. The molecule has 1 N–H and O–H groups in total. The Morgan fingerprint density at radius 3 is 2.53 bits per heavy atom. The average molecular weight is 625 g/mol. The van der Waals surface area contributed by atoms with Gasteiger partial charge in [-0.1, -0.05) is 56.1 Å². The predicted molar refractivity (Wildman–Crippen MR) is 133 cm³/mol. The Labute approximate surface area is 210 Å². The van der Waals surface area contributed by atoms with Crippen LogP contribution in [0.4, 0.5) is 0 Å². The molecule has 0 saturated carbocycles. The van der Waals surface area contributed by atoms with Crippen LogP contribution in [0.5, 0.6) is 11.5 Å². The second-order valence-corrected chi connectivity index (χ2v) is 9.24. The van der Waals surface area contributed by atoms with Gasteiger partial charge in [-0.25, -0.2) is 10.2 Å². The third-order valence-electron chi connectivity index (χ3n) is 4.14. The number of aryl methyl sites for hydroxylation is 1. The summed E-state index contributed by atoms with van der Waals surface area (Å²) in [6, 6.07) is 17.8. The van der Waals surface area contributed by atoms with Gasteiger partial charge in [-0.3, -0.25) is 4.79 Å². The van der Waals surface area contributed by atoms with Gasteiger partial charge in [-0.15, -0.1) is 0 Å². The lowest BCUT2D eigenvalue weighted by atomic mass is 10.2. The summed E-state index contributed by atoms with van der Waals surface area (Å²) in [6.45, 7) is 1.71. The number of para-hydroxylation sites is 1. The maximum absolute atomic E-state index is 12.6. The number of halogens is 3. The molecule has 0 aliphatic heterocycles. The first kappa shape index (κ1) is 24.2. The van der Waals surface area contributed by atoms with E-state index in [9.17, 15) is 9.59 Å². The van der Waals surface area contributed by atoms with E-state index in [4.69, 9.17) is 9.47 Å². The van der Waals surface area contributed by atoms with Crippen LogP contribution in [0, 0.1) is 6.92 Å². The van der Waals surface area contributed by atoms with E-state index in [0.29, 0.717) is 21.3 Å². The number of rotatable bonds is 7. The molecule has 164 valence electrons. The molecule has 6 nitrogen and oxygen atoms in total. The van der Waals surface area contributed by atoms with E-state index < -0.39 is 11.9 Å². The normalized spacial score (nSPS) is 10.8. The van der Waals surface area contributed by atoms with E-state index in [0.717, 1.165) is 14.5 Å². The highest BCUT2D eigenvalue weighted by Crippen LogP contribution is 2.33. The van der Waals surface area contributed by atoms with Gasteiger partial charge in [-0.05, 0) is 64.8 Å². The lowest BCUT2D eigenvalue weighted by Crippen LogP contribution is -2.24. The van der Waals surface area contributed by atoms with Crippen LogP contribution in [-0.4, -0.2) is 24.7 Å². The number of benzene rings is 3. The molecule has 3 aromatic rings. The van der Waals surface area contributed by atoms with Crippen LogP contribution < -0.4 is 14.9 Å². The number of nitrogens with one attached hydrogen (secondary N) is 1. The number of hydrogen-bond acceptors (Lipinski definition) is 5. The topological polar surface area (TPSA) is 77.0 Å². The first-order valence-electron chi connectivity index (χ1n) is 9.30. The molecule has 0 saturated heterocycles. The minimum absolute atomic E-state index is 0.185. The minimum atomic E-state index is -0.528. The molecule has 3 aromatic carbocycles. The van der Waals surface area contributed by atoms with Gasteiger partial charge in [-0.2, -0.15) is 5.10 Å². The van der Waals surface area contributed by atoms with Crippen molar-refractivity contribution in [1.82, 2.24) is 5.43 Å². The van der Waals surface area contributed by atoms with Crippen molar-refractivity contribution in [1.29, 1.82) is 0 Å². The van der Waals surface area contributed by atoms with Crippen LogP contribution in [0.15, 0.2) is 79.2 Å². The van der Waals surface area contributed by atoms with Crippen molar-refractivity contribution < 1.29 is 19.1 Å². The van der Waals surface area contributed by atoms with Gasteiger partial charge >= 0.3 is 5.97 Å². The van der Waals surface area contributed by atoms with Crippen molar-refractivity contribution in [2.75, 3.05) is 6.61 Å². The Hall–Kier alpha value is -2.49. The molecule has 9 heteroatoms. The summed E-state index contributed by atoms with van der Waals surface area (Å²) in [5, 5.41) is 3.97. The molecule has 0 aliphatic rings. The van der Waals surface area contributed by atoms with Gasteiger partial charge in [0.1, 0.15) is 5.75 Å². The standard InChI is InChI=1S/C23H17Br3N2O4/c1-14-5-2-3-8-20(14)31-13-21(29)28-27-12-16-10-18(25)11-19(26)22(16)32-23(30)15-6-4-7-17(24)9-15/h2-12H,13H2,1H3,(H,28,29)/b27-12-. The quantitative estimate of drug-likeness (QED) is 0.151. The van der Waals surface area contributed by atoms with Crippen molar-refractivity contribution >= 4 is 65.9 Å². The first-order valence-corrected chi connectivity index (χ1v) is 11.7. The lowest BCUT2D eigenvalue weighted by molar-refractivity contribution is -0.123. The largest absolute Gasteiger partial charge is 0.483 e. The average Bonchev–Trinajstić information content (AvgIpc) is 2.75. The van der Waals surface area contributed by atoms with Gasteiger partial charge in [0.25, 0.3) is 5.91 Å². The number of esters is 1. The van der Waals surface area contributed by atoms with Crippen LogP contribution in [0.1, 0.15) is 21.5 Å². The highest BCUT2D eigenvalue weighted by atomic mass is 79.9. The van der Waals surface area contributed by atoms with E-state index >= 15 is 0 Å². The minimum Gasteiger partial charge on any atom is -0.483 e. The summed E-state index contributed by atoms with van der Waals surface area (Å²) in [6.07, 6.45) is 1.39. The first-order chi connectivity index (χ1) is 15.3. The van der Waals surface area contributed by atoms with Crippen LogP contribution in [0.2, 0.25) is 0 Å². The van der Waals surface area contributed by atoms with E-state index in [-0.39, 0.29) is 12.4 Å². The molecule has 0 fully saturated rings. The Kier molecular flexibility index (Phi) is 8.60. The van der Waals surface area contributed by atoms with Gasteiger partial charge in [0, 0.05) is 14.5 Å². The second kappa shape index (κ2) is 11.4. The van der Waals surface area contributed by atoms with Crippen LogP contribution in [-0.2, 0) is 4.79 Å². The molecule has 0 aromatic heterocycles. The fraction of sp³-hybridized carbons (Fsp3) is 0.0870. The Morgan fingerprint density at radius 2 is 1.78 bits per heavy atom. The predicted octanol–water partition coefficient (Wildman–Crippen LogP) is 6.03. The number of hydrogen-bond donors (Lipinski definition) is 1. The van der Waals surface area contributed by atoms with Crippen molar-refractivity contribution in [3.63, 3.8) is 0 Å². The number of carbonyl (C=O) groups is 2. The van der Waals surface area contributed by atoms with Crippen LogP contribution >= 0.6 is 47.8 Å². The van der Waals surface area contributed by atoms with Crippen molar-refractivity contribution in [2.45, 2.75) is 6.92 Å². The summed E-state index contributed by atoms with van der Waals surface area (Å²) < 4.78 is 13.1. The summed E-state index contributed by atoms with van der Waals surface area (Å²) in [5.41, 5.74) is 4.21. The van der Waals surface area contributed by atoms with Crippen LogP contribution in [0.3, 0.4) is 0 Å². The number of carbonyl (C=O) groups excluding carboxylic acids is 2. The monoisotopic (exact) mass is 622 g/mol.